The van der Waals surface area contributed by atoms with Crippen molar-refractivity contribution in [3.05, 3.63) is 63.3 Å². The van der Waals surface area contributed by atoms with Gasteiger partial charge in [0.25, 0.3) is 5.56 Å². The molecular formula is C21H20N4O6S. The van der Waals surface area contributed by atoms with E-state index in [9.17, 15) is 19.5 Å². The topological polar surface area (TPSA) is 139 Å². The number of hydrogen-bond acceptors (Lipinski definition) is 7. The minimum absolute atomic E-state index is 0.0589. The van der Waals surface area contributed by atoms with Crippen molar-refractivity contribution in [3.8, 4) is 5.75 Å². The largest absolute Gasteiger partial charge is 0.490 e. The molecule has 0 saturated heterocycles. The number of carboxylic acid groups (broad SMARTS) is 1. The molecule has 1 unspecified atom stereocenters. The number of H-pyrrole nitrogens is 1. The first kappa shape index (κ1) is 21.7. The summed E-state index contributed by atoms with van der Waals surface area (Å²) in [4.78, 5) is 37.7. The van der Waals surface area contributed by atoms with Crippen LogP contribution in [0, 0.1) is 0 Å². The van der Waals surface area contributed by atoms with E-state index in [1.807, 2.05) is 36.4 Å². The number of aliphatic carboxylic acids is 1. The summed E-state index contributed by atoms with van der Waals surface area (Å²) in [6.45, 7) is -0.146. The quantitative estimate of drug-likeness (QED) is 0.336. The monoisotopic (exact) mass is 456 g/mol. The standard InChI is InChI=1S/C21H20N4O6S/c1-24-18-17(19(29)22-21(24)30)25(23-20(18)32-11-16(27)28)9-13(26)10-31-15-8-4-6-12-5-2-3-7-14(12)15/h2-8,13,26H,9-11H2,1H3,(H,27,28)(H,22,29,30). The zero-order chi connectivity index (χ0) is 22.8. The Morgan fingerprint density at radius 2 is 1.94 bits per heavy atom. The molecule has 0 spiro atoms. The van der Waals surface area contributed by atoms with Crippen LogP contribution in [0.1, 0.15) is 0 Å². The summed E-state index contributed by atoms with van der Waals surface area (Å²) >= 11 is 0.892. The Hall–Kier alpha value is -3.57. The maximum Gasteiger partial charge on any atom is 0.328 e. The molecule has 0 bridgehead atoms. The van der Waals surface area contributed by atoms with Crippen LogP contribution in [0.5, 0.6) is 5.75 Å². The third-order valence-electron chi connectivity index (χ3n) is 4.87. The van der Waals surface area contributed by atoms with Gasteiger partial charge in [0, 0.05) is 12.4 Å². The van der Waals surface area contributed by atoms with Gasteiger partial charge in [0.1, 0.15) is 29.0 Å². The fourth-order valence-corrected chi connectivity index (χ4v) is 4.21. The second kappa shape index (κ2) is 8.89. The van der Waals surface area contributed by atoms with Gasteiger partial charge in [0.05, 0.1) is 12.3 Å². The number of nitrogens with zero attached hydrogens (tertiary/aromatic N) is 3. The van der Waals surface area contributed by atoms with E-state index in [0.29, 0.717) is 5.75 Å². The maximum absolute atomic E-state index is 12.5. The van der Waals surface area contributed by atoms with Crippen LogP contribution in [-0.4, -0.2) is 54.0 Å². The van der Waals surface area contributed by atoms with E-state index in [4.69, 9.17) is 9.84 Å². The number of aryl methyl sites for hydroxylation is 1. The summed E-state index contributed by atoms with van der Waals surface area (Å²) in [7, 11) is 1.46. The van der Waals surface area contributed by atoms with E-state index in [2.05, 4.69) is 10.1 Å². The highest BCUT2D eigenvalue weighted by Gasteiger charge is 2.21. The number of fused-ring (bicyclic) bond motifs is 2. The fourth-order valence-electron chi connectivity index (χ4n) is 3.42. The number of carboxylic acids is 1. The number of rotatable bonds is 8. The van der Waals surface area contributed by atoms with Crippen LogP contribution in [0.25, 0.3) is 21.8 Å². The summed E-state index contributed by atoms with van der Waals surface area (Å²) in [6.07, 6.45) is -1.02. The smallest absolute Gasteiger partial charge is 0.328 e. The Morgan fingerprint density at radius 1 is 1.19 bits per heavy atom. The van der Waals surface area contributed by atoms with Gasteiger partial charge in [-0.3, -0.25) is 23.8 Å². The lowest BCUT2D eigenvalue weighted by Crippen LogP contribution is -2.30. The predicted molar refractivity (Wildman–Crippen MR) is 119 cm³/mol. The van der Waals surface area contributed by atoms with Crippen molar-refractivity contribution < 1.29 is 19.7 Å². The number of aliphatic hydroxyl groups is 1. The van der Waals surface area contributed by atoms with Crippen molar-refractivity contribution in [2.45, 2.75) is 17.7 Å². The molecule has 0 amide bonds. The Bertz CT molecular complexity index is 1420. The van der Waals surface area contributed by atoms with Crippen LogP contribution >= 0.6 is 11.8 Å². The molecular weight excluding hydrogens is 436 g/mol. The van der Waals surface area contributed by atoms with Gasteiger partial charge in [-0.25, -0.2) is 4.79 Å². The van der Waals surface area contributed by atoms with Gasteiger partial charge in [0.2, 0.25) is 0 Å². The van der Waals surface area contributed by atoms with Crippen molar-refractivity contribution in [3.63, 3.8) is 0 Å². The van der Waals surface area contributed by atoms with E-state index >= 15 is 0 Å². The third kappa shape index (κ3) is 4.25. The molecule has 2 aromatic heterocycles. The molecule has 11 heteroatoms. The number of carbonyl (C=O) groups is 1. The van der Waals surface area contributed by atoms with E-state index in [1.165, 1.54) is 16.3 Å². The van der Waals surface area contributed by atoms with Gasteiger partial charge < -0.3 is 14.9 Å². The van der Waals surface area contributed by atoms with Crippen molar-refractivity contribution in [1.29, 1.82) is 0 Å². The average Bonchev–Trinajstić information content (AvgIpc) is 3.13. The number of aromatic nitrogens is 4. The predicted octanol–water partition coefficient (Wildman–Crippen LogP) is 1.19. The van der Waals surface area contributed by atoms with E-state index in [1.54, 1.807) is 6.07 Å². The number of benzene rings is 2. The number of aliphatic hydroxyl groups excluding tert-OH is 1. The Labute approximate surface area is 185 Å². The van der Waals surface area contributed by atoms with Gasteiger partial charge in [-0.2, -0.15) is 5.10 Å². The Kier molecular flexibility index (Phi) is 6.01. The minimum atomic E-state index is -1.06. The summed E-state index contributed by atoms with van der Waals surface area (Å²) < 4.78 is 8.28. The lowest BCUT2D eigenvalue weighted by molar-refractivity contribution is -0.133. The normalized spacial score (nSPS) is 12.3. The summed E-state index contributed by atoms with van der Waals surface area (Å²) in [5, 5.41) is 26.0. The zero-order valence-corrected chi connectivity index (χ0v) is 17.8. The van der Waals surface area contributed by atoms with Crippen LogP contribution in [-0.2, 0) is 18.4 Å². The second-order valence-corrected chi connectivity index (χ2v) is 8.09. The first-order chi connectivity index (χ1) is 15.3. The molecule has 3 N–H and O–H groups in total. The zero-order valence-electron chi connectivity index (χ0n) is 17.0. The van der Waals surface area contributed by atoms with E-state index in [-0.39, 0.29) is 35.0 Å². The highest BCUT2D eigenvalue weighted by atomic mass is 32.2. The summed E-state index contributed by atoms with van der Waals surface area (Å²) in [5.74, 6) is -0.735. The van der Waals surface area contributed by atoms with Gasteiger partial charge in [0.15, 0.2) is 5.52 Å². The molecule has 4 aromatic rings. The lowest BCUT2D eigenvalue weighted by Gasteiger charge is -2.14. The molecule has 1 atom stereocenters. The number of nitrogens with one attached hydrogen (secondary N) is 1. The number of aromatic amines is 1. The van der Waals surface area contributed by atoms with Crippen LogP contribution < -0.4 is 16.0 Å². The molecule has 10 nitrogen and oxygen atoms in total. The second-order valence-electron chi connectivity index (χ2n) is 7.13. The lowest BCUT2D eigenvalue weighted by atomic mass is 10.1. The molecule has 32 heavy (non-hydrogen) atoms. The van der Waals surface area contributed by atoms with Gasteiger partial charge in [-0.15, -0.1) is 0 Å². The highest BCUT2D eigenvalue weighted by Crippen LogP contribution is 2.26. The highest BCUT2D eigenvalue weighted by molar-refractivity contribution is 8.00. The van der Waals surface area contributed by atoms with Gasteiger partial charge >= 0.3 is 11.7 Å². The molecule has 2 aromatic carbocycles. The van der Waals surface area contributed by atoms with Crippen LogP contribution in [0.15, 0.2) is 57.1 Å². The average molecular weight is 456 g/mol. The number of hydrogen-bond donors (Lipinski definition) is 3. The maximum atomic E-state index is 12.5. The van der Waals surface area contributed by atoms with Gasteiger partial charge in [-0.05, 0) is 11.5 Å². The summed E-state index contributed by atoms with van der Waals surface area (Å²) in [5.41, 5.74) is -1.02. The Morgan fingerprint density at radius 3 is 2.72 bits per heavy atom. The van der Waals surface area contributed by atoms with E-state index in [0.717, 1.165) is 22.5 Å². The molecule has 0 aliphatic carbocycles. The van der Waals surface area contributed by atoms with E-state index < -0.39 is 23.3 Å². The Balaban J connectivity index is 1.60. The first-order valence-electron chi connectivity index (χ1n) is 9.68. The molecule has 166 valence electrons. The molecule has 4 rings (SSSR count). The summed E-state index contributed by atoms with van der Waals surface area (Å²) in [6, 6.07) is 13.3. The molecule has 0 aliphatic heterocycles. The van der Waals surface area contributed by atoms with Crippen LogP contribution in [0.3, 0.4) is 0 Å². The van der Waals surface area contributed by atoms with Crippen molar-refractivity contribution in [2.75, 3.05) is 12.4 Å². The molecule has 2 heterocycles. The number of thioether (sulfide) groups is 1. The first-order valence-corrected chi connectivity index (χ1v) is 10.7. The van der Waals surface area contributed by atoms with Crippen molar-refractivity contribution in [1.82, 2.24) is 19.3 Å². The van der Waals surface area contributed by atoms with Crippen LogP contribution in [0.4, 0.5) is 0 Å². The SMILES string of the molecule is Cn1c(=O)[nH]c(=O)c2c1c(SCC(=O)O)nn2CC(O)COc1cccc2ccccc12. The van der Waals surface area contributed by atoms with Crippen LogP contribution in [0.2, 0.25) is 0 Å². The molecule has 0 saturated carbocycles. The van der Waals surface area contributed by atoms with Crippen molar-refractivity contribution in [2.24, 2.45) is 7.05 Å². The molecule has 0 fully saturated rings. The third-order valence-corrected chi connectivity index (χ3v) is 5.81. The molecule has 0 radical (unpaired) electrons. The number of ether oxygens (including phenoxy) is 1. The molecule has 0 aliphatic rings. The van der Waals surface area contributed by atoms with Crippen molar-refractivity contribution >= 4 is 39.5 Å². The fraction of sp³-hybridized carbons (Fsp3) is 0.238. The minimum Gasteiger partial charge on any atom is -0.490 e. The van der Waals surface area contributed by atoms with Gasteiger partial charge in [-0.1, -0.05) is 48.2 Å².